The summed E-state index contributed by atoms with van der Waals surface area (Å²) in [7, 11) is 0. The fourth-order valence-electron chi connectivity index (χ4n) is 2.54. The van der Waals surface area contributed by atoms with E-state index in [0.717, 1.165) is 39.1 Å². The third kappa shape index (κ3) is 2.44. The third-order valence-electron chi connectivity index (χ3n) is 3.53. The number of piperidine rings is 1. The van der Waals surface area contributed by atoms with Crippen LogP contribution in [-0.2, 0) is 9.47 Å². The molecule has 3 rings (SSSR count). The van der Waals surface area contributed by atoms with Crippen LogP contribution in [0.25, 0.3) is 0 Å². The van der Waals surface area contributed by atoms with Gasteiger partial charge in [-0.2, -0.15) is 0 Å². The summed E-state index contributed by atoms with van der Waals surface area (Å²) in [5.74, 6) is -0.264. The summed E-state index contributed by atoms with van der Waals surface area (Å²) in [6.45, 7) is 3.54. The van der Waals surface area contributed by atoms with E-state index in [1.165, 1.54) is 9.26 Å². The topological polar surface area (TPSA) is 21.7 Å². The summed E-state index contributed by atoms with van der Waals surface area (Å²) in [5, 5.41) is 0. The highest BCUT2D eigenvalue weighted by Crippen LogP contribution is 2.33. The van der Waals surface area contributed by atoms with E-state index >= 15 is 0 Å². The highest BCUT2D eigenvalue weighted by Gasteiger charge is 2.39. The summed E-state index contributed by atoms with van der Waals surface area (Å²) in [6.07, 6.45) is 1.94. The van der Waals surface area contributed by atoms with Crippen molar-refractivity contribution in [1.29, 1.82) is 0 Å². The third-order valence-corrected chi connectivity index (χ3v) is 4.25. The lowest BCUT2D eigenvalue weighted by molar-refractivity contribution is -0.169. The second-order valence-corrected chi connectivity index (χ2v) is 5.82. The van der Waals surface area contributed by atoms with Crippen molar-refractivity contribution in [3.8, 4) is 0 Å². The Hall–Kier alpha value is -0.330. The molecule has 3 nitrogen and oxygen atoms in total. The Morgan fingerprint density at radius 2 is 1.59 bits per heavy atom. The second-order valence-electron chi connectivity index (χ2n) is 4.57. The molecule has 2 saturated heterocycles. The van der Waals surface area contributed by atoms with Gasteiger partial charge in [0.25, 0.3) is 0 Å². The predicted molar refractivity (Wildman–Crippen MR) is 75.2 cm³/mol. The van der Waals surface area contributed by atoms with Crippen LogP contribution >= 0.6 is 22.6 Å². The Labute approximate surface area is 115 Å². The van der Waals surface area contributed by atoms with Gasteiger partial charge in [-0.1, -0.05) is 0 Å². The average molecular weight is 345 g/mol. The van der Waals surface area contributed by atoms with Gasteiger partial charge in [0, 0.05) is 35.2 Å². The SMILES string of the molecule is Ic1ccc(N2CCC3(CC2)OCCO3)cc1. The maximum atomic E-state index is 5.73. The highest BCUT2D eigenvalue weighted by molar-refractivity contribution is 14.1. The largest absolute Gasteiger partial charge is 0.371 e. The van der Waals surface area contributed by atoms with Crippen molar-refractivity contribution >= 4 is 28.3 Å². The summed E-state index contributed by atoms with van der Waals surface area (Å²) in [4.78, 5) is 2.41. The minimum absolute atomic E-state index is 0.264. The molecule has 1 aromatic carbocycles. The van der Waals surface area contributed by atoms with Crippen LogP contribution in [0.2, 0.25) is 0 Å². The Bertz CT molecular complexity index is 377. The Morgan fingerprint density at radius 1 is 1.00 bits per heavy atom. The van der Waals surface area contributed by atoms with Gasteiger partial charge in [-0.05, 0) is 46.9 Å². The summed E-state index contributed by atoms with van der Waals surface area (Å²) in [5.41, 5.74) is 1.30. The molecule has 0 radical (unpaired) electrons. The predicted octanol–water partition coefficient (Wildman–Crippen LogP) is 2.63. The molecular formula is C13H16INO2. The average Bonchev–Trinajstić information content (AvgIpc) is 2.80. The van der Waals surface area contributed by atoms with Crippen molar-refractivity contribution in [3.63, 3.8) is 0 Å². The molecule has 2 heterocycles. The molecule has 0 atom stereocenters. The molecule has 0 bridgehead atoms. The van der Waals surface area contributed by atoms with Gasteiger partial charge in [0.2, 0.25) is 0 Å². The first-order chi connectivity index (χ1) is 8.27. The lowest BCUT2D eigenvalue weighted by Crippen LogP contribution is -2.45. The standard InChI is InChI=1S/C13H16INO2/c14-11-1-3-12(4-2-11)15-7-5-13(6-8-15)16-9-10-17-13/h1-4H,5-10H2. The van der Waals surface area contributed by atoms with Crippen molar-refractivity contribution in [2.45, 2.75) is 18.6 Å². The van der Waals surface area contributed by atoms with Crippen molar-refractivity contribution in [2.75, 3.05) is 31.2 Å². The first-order valence-corrected chi connectivity index (χ1v) is 7.14. The van der Waals surface area contributed by atoms with Crippen LogP contribution in [0.3, 0.4) is 0 Å². The van der Waals surface area contributed by atoms with Gasteiger partial charge >= 0.3 is 0 Å². The molecule has 92 valence electrons. The van der Waals surface area contributed by atoms with E-state index in [4.69, 9.17) is 9.47 Å². The number of nitrogens with zero attached hydrogens (tertiary/aromatic N) is 1. The minimum atomic E-state index is -0.264. The molecule has 4 heteroatoms. The Balaban J connectivity index is 1.66. The van der Waals surface area contributed by atoms with E-state index in [2.05, 4.69) is 51.8 Å². The molecule has 2 aliphatic rings. The monoisotopic (exact) mass is 345 g/mol. The van der Waals surface area contributed by atoms with Crippen LogP contribution in [-0.4, -0.2) is 32.1 Å². The fourth-order valence-corrected chi connectivity index (χ4v) is 2.90. The Kier molecular flexibility index (Phi) is 3.28. The maximum absolute atomic E-state index is 5.73. The lowest BCUT2D eigenvalue weighted by Gasteiger charge is -2.38. The fraction of sp³-hybridized carbons (Fsp3) is 0.538. The number of benzene rings is 1. The summed E-state index contributed by atoms with van der Waals surface area (Å²) >= 11 is 2.33. The molecular weight excluding hydrogens is 329 g/mol. The van der Waals surface area contributed by atoms with E-state index in [0.29, 0.717) is 0 Å². The van der Waals surface area contributed by atoms with Gasteiger partial charge in [-0.15, -0.1) is 0 Å². The number of rotatable bonds is 1. The van der Waals surface area contributed by atoms with Crippen molar-refractivity contribution in [3.05, 3.63) is 27.8 Å². The number of ether oxygens (including phenoxy) is 2. The van der Waals surface area contributed by atoms with E-state index in [1.54, 1.807) is 0 Å². The first kappa shape index (κ1) is 11.7. The number of halogens is 1. The molecule has 1 aromatic rings. The van der Waals surface area contributed by atoms with Crippen LogP contribution in [0, 0.1) is 3.57 Å². The van der Waals surface area contributed by atoms with Crippen molar-refractivity contribution < 1.29 is 9.47 Å². The number of anilines is 1. The minimum Gasteiger partial charge on any atom is -0.371 e. The van der Waals surface area contributed by atoms with Crippen LogP contribution in [0.4, 0.5) is 5.69 Å². The van der Waals surface area contributed by atoms with E-state index in [1.807, 2.05) is 0 Å². The molecule has 0 unspecified atom stereocenters. The molecule has 17 heavy (non-hydrogen) atoms. The van der Waals surface area contributed by atoms with E-state index < -0.39 is 0 Å². The van der Waals surface area contributed by atoms with Crippen LogP contribution in [0.1, 0.15) is 12.8 Å². The van der Waals surface area contributed by atoms with Gasteiger partial charge in [-0.25, -0.2) is 0 Å². The Morgan fingerprint density at radius 3 is 2.18 bits per heavy atom. The number of hydrogen-bond acceptors (Lipinski definition) is 3. The summed E-state index contributed by atoms with van der Waals surface area (Å²) in [6, 6.07) is 8.69. The normalized spacial score (nSPS) is 23.2. The smallest absolute Gasteiger partial charge is 0.171 e. The lowest BCUT2D eigenvalue weighted by atomic mass is 10.0. The first-order valence-electron chi connectivity index (χ1n) is 6.06. The molecule has 0 amide bonds. The zero-order valence-corrected chi connectivity index (χ0v) is 11.9. The van der Waals surface area contributed by atoms with Gasteiger partial charge in [-0.3, -0.25) is 0 Å². The van der Waals surface area contributed by atoms with Gasteiger partial charge in [0.1, 0.15) is 0 Å². The number of hydrogen-bond donors (Lipinski definition) is 0. The molecule has 0 aromatic heterocycles. The summed E-state index contributed by atoms with van der Waals surface area (Å²) < 4.78 is 12.7. The second kappa shape index (κ2) is 4.74. The molecule has 0 saturated carbocycles. The van der Waals surface area contributed by atoms with Crippen LogP contribution in [0.5, 0.6) is 0 Å². The van der Waals surface area contributed by atoms with E-state index in [-0.39, 0.29) is 5.79 Å². The highest BCUT2D eigenvalue weighted by atomic mass is 127. The molecule has 1 spiro atoms. The van der Waals surface area contributed by atoms with Gasteiger partial charge in [0.15, 0.2) is 5.79 Å². The van der Waals surface area contributed by atoms with Crippen LogP contribution < -0.4 is 4.90 Å². The van der Waals surface area contributed by atoms with Crippen molar-refractivity contribution in [2.24, 2.45) is 0 Å². The van der Waals surface area contributed by atoms with Crippen LogP contribution in [0.15, 0.2) is 24.3 Å². The maximum Gasteiger partial charge on any atom is 0.171 e. The quantitative estimate of drug-likeness (QED) is 0.731. The van der Waals surface area contributed by atoms with Gasteiger partial charge in [0.05, 0.1) is 13.2 Å². The van der Waals surface area contributed by atoms with Gasteiger partial charge < -0.3 is 14.4 Å². The zero-order valence-electron chi connectivity index (χ0n) is 9.69. The van der Waals surface area contributed by atoms with E-state index in [9.17, 15) is 0 Å². The molecule has 2 aliphatic heterocycles. The van der Waals surface area contributed by atoms with Crippen molar-refractivity contribution in [1.82, 2.24) is 0 Å². The molecule has 0 aliphatic carbocycles. The zero-order chi connectivity index (χ0) is 11.7. The molecule has 2 fully saturated rings. The molecule has 0 N–H and O–H groups in total.